The van der Waals surface area contributed by atoms with E-state index in [1.165, 1.54) is 12.3 Å². The van der Waals surface area contributed by atoms with Gasteiger partial charge in [-0.05, 0) is 6.07 Å². The van der Waals surface area contributed by atoms with E-state index in [4.69, 9.17) is 16.9 Å². The smallest absolute Gasteiger partial charge is 0.387 e. The van der Waals surface area contributed by atoms with Crippen LogP contribution in [-0.4, -0.2) is 11.6 Å². The van der Waals surface area contributed by atoms with E-state index in [1.54, 1.807) is 6.07 Å². The van der Waals surface area contributed by atoms with Crippen molar-refractivity contribution in [1.29, 1.82) is 5.26 Å². The maximum Gasteiger partial charge on any atom is 0.387 e. The number of hydrogen-bond donors (Lipinski definition) is 0. The van der Waals surface area contributed by atoms with E-state index >= 15 is 0 Å². The van der Waals surface area contributed by atoms with Gasteiger partial charge in [0.1, 0.15) is 6.07 Å². The fraction of sp³-hybridized carbons (Fsp3) is 0.143. The van der Waals surface area contributed by atoms with Crippen LogP contribution in [-0.2, 0) is 0 Å². The Morgan fingerprint density at radius 1 is 1.62 bits per heavy atom. The molecule has 0 saturated heterocycles. The Morgan fingerprint density at radius 2 is 2.31 bits per heavy atom. The van der Waals surface area contributed by atoms with Crippen molar-refractivity contribution < 1.29 is 13.5 Å². The average Bonchev–Trinajstić information content (AvgIpc) is 2.08. The Hall–Kier alpha value is -1.41. The van der Waals surface area contributed by atoms with Gasteiger partial charge in [0.25, 0.3) is 0 Å². The topological polar surface area (TPSA) is 45.9 Å². The summed E-state index contributed by atoms with van der Waals surface area (Å²) in [7, 11) is 0. The Morgan fingerprint density at radius 3 is 2.85 bits per heavy atom. The van der Waals surface area contributed by atoms with Gasteiger partial charge in [0.15, 0.2) is 11.4 Å². The second-order valence-corrected chi connectivity index (χ2v) is 2.37. The van der Waals surface area contributed by atoms with Crippen LogP contribution in [0.4, 0.5) is 8.78 Å². The minimum Gasteiger partial charge on any atom is -0.430 e. The average molecular weight is 205 g/mol. The quantitative estimate of drug-likeness (QED) is 0.742. The van der Waals surface area contributed by atoms with Crippen molar-refractivity contribution in [3.63, 3.8) is 0 Å². The normalized spacial score (nSPS) is 9.77. The van der Waals surface area contributed by atoms with Crippen LogP contribution in [0.3, 0.4) is 0 Å². The van der Waals surface area contributed by atoms with Gasteiger partial charge in [0, 0.05) is 6.20 Å². The van der Waals surface area contributed by atoms with E-state index in [2.05, 4.69) is 9.72 Å². The number of alkyl halides is 2. The van der Waals surface area contributed by atoms with Crippen LogP contribution in [0.5, 0.6) is 5.75 Å². The molecule has 0 spiro atoms. The zero-order chi connectivity index (χ0) is 9.84. The molecule has 13 heavy (non-hydrogen) atoms. The molecule has 0 aromatic carbocycles. The van der Waals surface area contributed by atoms with Crippen LogP contribution in [0.25, 0.3) is 0 Å². The Balaban J connectivity index is 3.10. The first-order valence-electron chi connectivity index (χ1n) is 3.14. The van der Waals surface area contributed by atoms with Gasteiger partial charge in [-0.25, -0.2) is 4.98 Å². The molecule has 3 nitrogen and oxygen atoms in total. The third-order valence-corrected chi connectivity index (χ3v) is 1.47. The Kier molecular flexibility index (Phi) is 2.98. The molecule has 1 rings (SSSR count). The van der Waals surface area contributed by atoms with E-state index in [1.807, 2.05) is 0 Å². The summed E-state index contributed by atoms with van der Waals surface area (Å²) in [5.74, 6) is -0.387. The van der Waals surface area contributed by atoms with Crippen LogP contribution in [0.1, 0.15) is 5.69 Å². The number of halogens is 3. The summed E-state index contributed by atoms with van der Waals surface area (Å²) in [6, 6.07) is 2.85. The Bertz CT molecular complexity index is 351. The number of rotatable bonds is 2. The predicted molar refractivity (Wildman–Crippen MR) is 40.6 cm³/mol. The second kappa shape index (κ2) is 4.01. The maximum atomic E-state index is 11.8. The van der Waals surface area contributed by atoms with Gasteiger partial charge in [-0.15, -0.1) is 0 Å². The number of ether oxygens (including phenoxy) is 1. The second-order valence-electron chi connectivity index (χ2n) is 1.96. The van der Waals surface area contributed by atoms with Gasteiger partial charge in [0.2, 0.25) is 0 Å². The minimum atomic E-state index is -3.02. The molecule has 0 unspecified atom stereocenters. The standard InChI is InChI=1S/C7H3ClF2N2O/c8-4-1-2-12-5(3-11)6(4)13-7(9)10/h1-2,7H. The molecule has 0 atom stereocenters. The molecule has 0 aliphatic carbocycles. The zero-order valence-electron chi connectivity index (χ0n) is 6.17. The number of hydrogen-bond acceptors (Lipinski definition) is 3. The zero-order valence-corrected chi connectivity index (χ0v) is 6.92. The highest BCUT2D eigenvalue weighted by atomic mass is 35.5. The van der Waals surface area contributed by atoms with Gasteiger partial charge >= 0.3 is 6.61 Å². The van der Waals surface area contributed by atoms with E-state index in [0.717, 1.165) is 0 Å². The van der Waals surface area contributed by atoms with Crippen LogP contribution in [0.15, 0.2) is 12.3 Å². The number of aromatic nitrogens is 1. The first-order chi connectivity index (χ1) is 6.15. The molecular formula is C7H3ClF2N2O. The molecule has 6 heteroatoms. The molecule has 68 valence electrons. The molecule has 0 aliphatic rings. The fourth-order valence-electron chi connectivity index (χ4n) is 0.706. The van der Waals surface area contributed by atoms with E-state index in [-0.39, 0.29) is 16.5 Å². The highest BCUT2D eigenvalue weighted by molar-refractivity contribution is 6.32. The number of nitrogens with zero attached hydrogens (tertiary/aromatic N) is 2. The summed E-state index contributed by atoms with van der Waals surface area (Å²) in [4.78, 5) is 3.51. The molecule has 1 aromatic heterocycles. The van der Waals surface area contributed by atoms with E-state index < -0.39 is 6.61 Å². The summed E-state index contributed by atoms with van der Waals surface area (Å²) < 4.78 is 27.6. The summed E-state index contributed by atoms with van der Waals surface area (Å²) in [5.41, 5.74) is -0.257. The monoisotopic (exact) mass is 204 g/mol. The third-order valence-electron chi connectivity index (χ3n) is 1.17. The number of pyridine rings is 1. The number of nitriles is 1. The van der Waals surface area contributed by atoms with E-state index in [9.17, 15) is 8.78 Å². The van der Waals surface area contributed by atoms with Crippen LogP contribution >= 0.6 is 11.6 Å². The molecule has 0 fully saturated rings. The lowest BCUT2D eigenvalue weighted by atomic mass is 10.3. The summed E-state index contributed by atoms with van der Waals surface area (Å²) in [6.07, 6.45) is 1.24. The van der Waals surface area contributed by atoms with Crippen LogP contribution in [0, 0.1) is 11.3 Å². The SMILES string of the molecule is N#Cc1nccc(Cl)c1OC(F)F. The van der Waals surface area contributed by atoms with Crippen molar-refractivity contribution >= 4 is 11.6 Å². The molecular weight excluding hydrogens is 202 g/mol. The molecule has 0 bridgehead atoms. The van der Waals surface area contributed by atoms with Crippen molar-refractivity contribution in [3.05, 3.63) is 23.0 Å². The molecule has 0 aliphatic heterocycles. The maximum absolute atomic E-state index is 11.8. The lowest BCUT2D eigenvalue weighted by Gasteiger charge is -2.06. The van der Waals surface area contributed by atoms with Gasteiger partial charge < -0.3 is 4.74 Å². The first kappa shape index (κ1) is 9.68. The van der Waals surface area contributed by atoms with Crippen molar-refractivity contribution in [2.24, 2.45) is 0 Å². The molecule has 0 N–H and O–H groups in total. The van der Waals surface area contributed by atoms with Gasteiger partial charge in [-0.1, -0.05) is 11.6 Å². The summed E-state index contributed by atoms with van der Waals surface area (Å²) in [5, 5.41) is 8.40. The fourth-order valence-corrected chi connectivity index (χ4v) is 0.896. The van der Waals surface area contributed by atoms with Crippen molar-refractivity contribution in [2.75, 3.05) is 0 Å². The molecule has 0 saturated carbocycles. The molecule has 0 amide bonds. The van der Waals surface area contributed by atoms with Crippen molar-refractivity contribution in [1.82, 2.24) is 4.98 Å². The van der Waals surface area contributed by atoms with Crippen LogP contribution < -0.4 is 4.74 Å². The highest BCUT2D eigenvalue weighted by Crippen LogP contribution is 2.27. The van der Waals surface area contributed by atoms with Gasteiger partial charge in [0.05, 0.1) is 5.02 Å². The summed E-state index contributed by atoms with van der Waals surface area (Å²) >= 11 is 5.50. The first-order valence-corrected chi connectivity index (χ1v) is 3.52. The van der Waals surface area contributed by atoms with E-state index in [0.29, 0.717) is 0 Å². The largest absolute Gasteiger partial charge is 0.430 e. The van der Waals surface area contributed by atoms with Gasteiger partial charge in [-0.3, -0.25) is 0 Å². The third kappa shape index (κ3) is 2.26. The lowest BCUT2D eigenvalue weighted by Crippen LogP contribution is -2.04. The van der Waals surface area contributed by atoms with Crippen LogP contribution in [0.2, 0.25) is 5.02 Å². The molecule has 1 aromatic rings. The Labute approximate surface area is 77.5 Å². The molecule has 0 radical (unpaired) electrons. The lowest BCUT2D eigenvalue weighted by molar-refractivity contribution is -0.0502. The highest BCUT2D eigenvalue weighted by Gasteiger charge is 2.13. The van der Waals surface area contributed by atoms with Crippen molar-refractivity contribution in [2.45, 2.75) is 6.61 Å². The van der Waals surface area contributed by atoms with Gasteiger partial charge in [-0.2, -0.15) is 14.0 Å². The van der Waals surface area contributed by atoms with Crippen molar-refractivity contribution in [3.8, 4) is 11.8 Å². The predicted octanol–water partition coefficient (Wildman–Crippen LogP) is 2.21. The summed E-state index contributed by atoms with van der Waals surface area (Å²) in [6.45, 7) is -3.02. The minimum absolute atomic E-state index is 0.0631. The molecule has 1 heterocycles.